The van der Waals surface area contributed by atoms with Gasteiger partial charge in [0.25, 0.3) is 0 Å². The van der Waals surface area contributed by atoms with Crippen LogP contribution in [0.4, 0.5) is 0 Å². The molecular weight excluding hydrogens is 290 g/mol. The molecule has 23 heavy (non-hydrogen) atoms. The lowest BCUT2D eigenvalue weighted by Gasteiger charge is -2.27. The molecule has 0 unspecified atom stereocenters. The summed E-state index contributed by atoms with van der Waals surface area (Å²) in [7, 11) is 0. The quantitative estimate of drug-likeness (QED) is 0.877. The maximum absolute atomic E-state index is 12.3. The largest absolute Gasteiger partial charge is 0.378 e. The predicted octanol–water partition coefficient (Wildman–Crippen LogP) is 0.910. The van der Waals surface area contributed by atoms with Crippen LogP contribution in [0.3, 0.4) is 0 Å². The number of rotatable bonds is 5. The van der Waals surface area contributed by atoms with Crippen molar-refractivity contribution < 1.29 is 9.53 Å². The van der Waals surface area contributed by atoms with Crippen molar-refractivity contribution in [1.82, 2.24) is 9.80 Å². The fourth-order valence-corrected chi connectivity index (χ4v) is 3.68. The summed E-state index contributed by atoms with van der Waals surface area (Å²) in [6, 6.07) is 10.6. The van der Waals surface area contributed by atoms with E-state index in [9.17, 15) is 4.79 Å². The summed E-state index contributed by atoms with van der Waals surface area (Å²) in [4.78, 5) is 16.6. The van der Waals surface area contributed by atoms with E-state index in [0.29, 0.717) is 38.0 Å². The van der Waals surface area contributed by atoms with Gasteiger partial charge in [-0.3, -0.25) is 4.79 Å². The molecule has 0 aliphatic carbocycles. The van der Waals surface area contributed by atoms with E-state index in [-0.39, 0.29) is 5.91 Å². The lowest BCUT2D eigenvalue weighted by atomic mass is 9.89. The Bertz CT molecular complexity index is 502. The average Bonchev–Trinajstić information content (AvgIpc) is 3.04. The number of nitrogens with zero attached hydrogens (tertiary/aromatic N) is 2. The second-order valence-corrected chi connectivity index (χ2v) is 6.52. The molecule has 5 nitrogen and oxygen atoms in total. The van der Waals surface area contributed by atoms with Crippen molar-refractivity contribution in [2.45, 2.75) is 12.3 Å². The Hall–Kier alpha value is -1.43. The standard InChI is InChI=1S/C18H27N3O2/c19-12-16-13-20(14-17(16)15-4-2-1-3-5-15)7-6-18(22)21-8-10-23-11-9-21/h1-5,16-17H,6-14,19H2/t16-,17+/m1/s1. The van der Waals surface area contributed by atoms with Crippen LogP contribution in [0.5, 0.6) is 0 Å². The van der Waals surface area contributed by atoms with Gasteiger partial charge in [-0.15, -0.1) is 0 Å². The van der Waals surface area contributed by atoms with E-state index < -0.39 is 0 Å². The summed E-state index contributed by atoms with van der Waals surface area (Å²) >= 11 is 0. The van der Waals surface area contributed by atoms with Gasteiger partial charge >= 0.3 is 0 Å². The minimum atomic E-state index is 0.251. The molecule has 2 atom stereocenters. The van der Waals surface area contributed by atoms with Crippen LogP contribution in [0.2, 0.25) is 0 Å². The summed E-state index contributed by atoms with van der Waals surface area (Å²) in [6.45, 7) is 6.33. The number of carbonyl (C=O) groups excluding carboxylic acids is 1. The molecule has 0 radical (unpaired) electrons. The average molecular weight is 317 g/mol. The van der Waals surface area contributed by atoms with Gasteiger partial charge in [0.15, 0.2) is 0 Å². The summed E-state index contributed by atoms with van der Waals surface area (Å²) in [5.74, 6) is 1.22. The maximum Gasteiger partial charge on any atom is 0.224 e. The molecule has 2 aliphatic heterocycles. The third kappa shape index (κ3) is 4.10. The monoisotopic (exact) mass is 317 g/mol. The van der Waals surface area contributed by atoms with E-state index >= 15 is 0 Å². The smallest absolute Gasteiger partial charge is 0.224 e. The number of hydrogen-bond donors (Lipinski definition) is 1. The maximum atomic E-state index is 12.3. The van der Waals surface area contributed by atoms with Gasteiger partial charge in [0.05, 0.1) is 13.2 Å². The Morgan fingerprint density at radius 1 is 1.17 bits per heavy atom. The minimum absolute atomic E-state index is 0.251. The van der Waals surface area contributed by atoms with Gasteiger partial charge in [0.1, 0.15) is 0 Å². The Balaban J connectivity index is 1.52. The normalized spacial score (nSPS) is 25.7. The molecule has 0 bridgehead atoms. The molecule has 126 valence electrons. The molecule has 2 heterocycles. The third-order valence-electron chi connectivity index (χ3n) is 5.05. The lowest BCUT2D eigenvalue weighted by Crippen LogP contribution is -2.41. The van der Waals surface area contributed by atoms with Crippen LogP contribution in [-0.2, 0) is 9.53 Å². The zero-order valence-corrected chi connectivity index (χ0v) is 13.7. The first-order valence-electron chi connectivity index (χ1n) is 8.61. The molecule has 5 heteroatoms. The first-order valence-corrected chi connectivity index (χ1v) is 8.61. The number of likely N-dealkylation sites (tertiary alicyclic amines) is 1. The molecule has 1 aromatic carbocycles. The summed E-state index contributed by atoms with van der Waals surface area (Å²) in [6.07, 6.45) is 0.596. The Morgan fingerprint density at radius 2 is 1.91 bits per heavy atom. The van der Waals surface area contributed by atoms with E-state index in [2.05, 4.69) is 35.2 Å². The third-order valence-corrected chi connectivity index (χ3v) is 5.05. The summed E-state index contributed by atoms with van der Waals surface area (Å²) in [5.41, 5.74) is 7.35. The SMILES string of the molecule is NC[C@@H]1CN(CCC(=O)N2CCOCC2)C[C@H]1c1ccccc1. The Kier molecular flexibility index (Phi) is 5.65. The van der Waals surface area contributed by atoms with Crippen LogP contribution in [0.15, 0.2) is 30.3 Å². The van der Waals surface area contributed by atoms with E-state index in [1.54, 1.807) is 0 Å². The van der Waals surface area contributed by atoms with Gasteiger partial charge < -0.3 is 20.3 Å². The first-order chi connectivity index (χ1) is 11.3. The number of hydrogen-bond acceptors (Lipinski definition) is 4. The molecule has 3 rings (SSSR count). The number of ether oxygens (including phenoxy) is 1. The molecule has 1 amide bonds. The zero-order chi connectivity index (χ0) is 16.1. The molecule has 0 saturated carbocycles. The Morgan fingerprint density at radius 3 is 2.61 bits per heavy atom. The van der Waals surface area contributed by atoms with Crippen molar-refractivity contribution >= 4 is 5.91 Å². The fraction of sp³-hybridized carbons (Fsp3) is 0.611. The van der Waals surface area contributed by atoms with Crippen molar-refractivity contribution in [1.29, 1.82) is 0 Å². The van der Waals surface area contributed by atoms with Crippen molar-refractivity contribution in [3.8, 4) is 0 Å². The molecule has 2 fully saturated rings. The topological polar surface area (TPSA) is 58.8 Å². The molecule has 2 aliphatic rings. The van der Waals surface area contributed by atoms with E-state index in [1.807, 2.05) is 4.90 Å². The highest BCUT2D eigenvalue weighted by Gasteiger charge is 2.33. The van der Waals surface area contributed by atoms with Crippen molar-refractivity contribution in [2.75, 3.05) is 52.5 Å². The van der Waals surface area contributed by atoms with E-state index in [1.165, 1.54) is 5.56 Å². The van der Waals surface area contributed by atoms with Crippen LogP contribution >= 0.6 is 0 Å². The highest BCUT2D eigenvalue weighted by atomic mass is 16.5. The van der Waals surface area contributed by atoms with Crippen LogP contribution < -0.4 is 5.73 Å². The molecular formula is C18H27N3O2. The highest BCUT2D eigenvalue weighted by Crippen LogP contribution is 2.31. The van der Waals surface area contributed by atoms with Crippen LogP contribution in [-0.4, -0.2) is 68.2 Å². The predicted molar refractivity (Wildman–Crippen MR) is 90.2 cm³/mol. The Labute approximate surface area is 138 Å². The number of morpholine rings is 1. The molecule has 1 aromatic rings. The number of amides is 1. The van der Waals surface area contributed by atoms with Gasteiger partial charge in [-0.05, 0) is 18.0 Å². The first kappa shape index (κ1) is 16.4. The van der Waals surface area contributed by atoms with Crippen LogP contribution in [0.1, 0.15) is 17.9 Å². The molecule has 0 spiro atoms. The molecule has 2 saturated heterocycles. The van der Waals surface area contributed by atoms with Crippen molar-refractivity contribution in [3.05, 3.63) is 35.9 Å². The molecule has 0 aromatic heterocycles. The highest BCUT2D eigenvalue weighted by molar-refractivity contribution is 5.76. The number of nitrogens with two attached hydrogens (primary N) is 1. The van der Waals surface area contributed by atoms with Crippen molar-refractivity contribution in [2.24, 2.45) is 11.7 Å². The van der Waals surface area contributed by atoms with E-state index in [4.69, 9.17) is 10.5 Å². The van der Waals surface area contributed by atoms with Gasteiger partial charge in [-0.2, -0.15) is 0 Å². The van der Waals surface area contributed by atoms with Crippen LogP contribution in [0, 0.1) is 5.92 Å². The van der Waals surface area contributed by atoms with Gasteiger partial charge in [0, 0.05) is 45.1 Å². The minimum Gasteiger partial charge on any atom is -0.378 e. The summed E-state index contributed by atoms with van der Waals surface area (Å²) < 4.78 is 5.30. The second kappa shape index (κ2) is 7.90. The van der Waals surface area contributed by atoms with Gasteiger partial charge in [-0.1, -0.05) is 30.3 Å². The number of carbonyl (C=O) groups is 1. The van der Waals surface area contributed by atoms with E-state index in [0.717, 1.165) is 32.7 Å². The lowest BCUT2D eigenvalue weighted by molar-refractivity contribution is -0.135. The van der Waals surface area contributed by atoms with Crippen molar-refractivity contribution in [3.63, 3.8) is 0 Å². The van der Waals surface area contributed by atoms with Crippen LogP contribution in [0.25, 0.3) is 0 Å². The van der Waals surface area contributed by atoms with Gasteiger partial charge in [-0.25, -0.2) is 0 Å². The van der Waals surface area contributed by atoms with Gasteiger partial charge in [0.2, 0.25) is 5.91 Å². The zero-order valence-electron chi connectivity index (χ0n) is 13.7. The fourth-order valence-electron chi connectivity index (χ4n) is 3.68. The number of benzene rings is 1. The molecule has 2 N–H and O–H groups in total. The second-order valence-electron chi connectivity index (χ2n) is 6.52. The summed E-state index contributed by atoms with van der Waals surface area (Å²) in [5, 5.41) is 0.